The van der Waals surface area contributed by atoms with Crippen LogP contribution in [0.4, 0.5) is 0 Å². The van der Waals surface area contributed by atoms with Gasteiger partial charge in [0.15, 0.2) is 0 Å². The van der Waals surface area contributed by atoms with E-state index in [4.69, 9.17) is 4.74 Å². The Balaban J connectivity index is 3.62. The summed E-state index contributed by atoms with van der Waals surface area (Å²) in [6, 6.07) is 3.94. The minimum atomic E-state index is -0.268. The number of carbonyl (C=O) groups is 1. The summed E-state index contributed by atoms with van der Waals surface area (Å²) >= 11 is 0. The molecule has 0 bridgehead atoms. The van der Waals surface area contributed by atoms with E-state index in [-0.39, 0.29) is 16.8 Å². The maximum atomic E-state index is 11.9. The standard InChI is InChI=1S/C17H26O2/c1-11-13(16(2,3)4)9-12(15(18)19-8)10-14(11)17(5,6)7/h9-10H,1-8H3. The van der Waals surface area contributed by atoms with E-state index in [0.29, 0.717) is 5.56 Å². The monoisotopic (exact) mass is 262 g/mol. The molecule has 0 radical (unpaired) electrons. The lowest BCUT2D eigenvalue weighted by atomic mass is 9.76. The summed E-state index contributed by atoms with van der Waals surface area (Å²) in [6.07, 6.45) is 0. The topological polar surface area (TPSA) is 26.3 Å². The maximum Gasteiger partial charge on any atom is 0.337 e. The molecule has 0 N–H and O–H groups in total. The zero-order valence-corrected chi connectivity index (χ0v) is 13.5. The molecule has 1 aromatic carbocycles. The quantitative estimate of drug-likeness (QED) is 0.702. The highest BCUT2D eigenvalue weighted by molar-refractivity contribution is 5.90. The predicted molar refractivity (Wildman–Crippen MR) is 79.9 cm³/mol. The highest BCUT2D eigenvalue weighted by Crippen LogP contribution is 2.34. The highest BCUT2D eigenvalue weighted by Gasteiger charge is 2.25. The molecule has 0 atom stereocenters. The summed E-state index contributed by atoms with van der Waals surface area (Å²) < 4.78 is 4.87. The van der Waals surface area contributed by atoms with E-state index in [1.54, 1.807) is 0 Å². The molecule has 0 saturated carbocycles. The summed E-state index contributed by atoms with van der Waals surface area (Å²) in [5, 5.41) is 0. The van der Waals surface area contributed by atoms with E-state index in [9.17, 15) is 4.79 Å². The van der Waals surface area contributed by atoms with Crippen LogP contribution >= 0.6 is 0 Å². The van der Waals surface area contributed by atoms with Gasteiger partial charge in [-0.15, -0.1) is 0 Å². The third-order valence-corrected chi connectivity index (χ3v) is 3.44. The lowest BCUT2D eigenvalue weighted by Gasteiger charge is -2.29. The lowest BCUT2D eigenvalue weighted by Crippen LogP contribution is -2.21. The Labute approximate surface area is 117 Å². The normalized spacial score (nSPS) is 12.4. The van der Waals surface area contributed by atoms with Gasteiger partial charge >= 0.3 is 5.97 Å². The minimum Gasteiger partial charge on any atom is -0.465 e. The van der Waals surface area contributed by atoms with Gasteiger partial charge in [0.25, 0.3) is 0 Å². The second kappa shape index (κ2) is 4.99. The van der Waals surface area contributed by atoms with Gasteiger partial charge in [0, 0.05) is 0 Å². The fraction of sp³-hybridized carbons (Fsp3) is 0.588. The molecule has 0 amide bonds. The van der Waals surface area contributed by atoms with Crippen molar-refractivity contribution >= 4 is 5.97 Å². The van der Waals surface area contributed by atoms with Gasteiger partial charge in [-0.25, -0.2) is 4.79 Å². The van der Waals surface area contributed by atoms with Crippen molar-refractivity contribution < 1.29 is 9.53 Å². The van der Waals surface area contributed by atoms with Crippen LogP contribution in [0.3, 0.4) is 0 Å². The van der Waals surface area contributed by atoms with Crippen molar-refractivity contribution in [1.82, 2.24) is 0 Å². The van der Waals surface area contributed by atoms with Crippen LogP contribution in [0, 0.1) is 6.92 Å². The van der Waals surface area contributed by atoms with Crippen LogP contribution in [0.1, 0.15) is 68.6 Å². The van der Waals surface area contributed by atoms with Crippen molar-refractivity contribution in [2.75, 3.05) is 7.11 Å². The van der Waals surface area contributed by atoms with Crippen LogP contribution in [-0.2, 0) is 15.6 Å². The van der Waals surface area contributed by atoms with Crippen molar-refractivity contribution in [3.05, 3.63) is 34.4 Å². The van der Waals surface area contributed by atoms with E-state index < -0.39 is 0 Å². The first-order chi connectivity index (χ1) is 8.48. The zero-order valence-electron chi connectivity index (χ0n) is 13.5. The molecular weight excluding hydrogens is 236 g/mol. The number of carbonyl (C=O) groups excluding carboxylic acids is 1. The van der Waals surface area contributed by atoms with Crippen LogP contribution in [0.25, 0.3) is 0 Å². The van der Waals surface area contributed by atoms with Crippen molar-refractivity contribution in [2.45, 2.75) is 59.3 Å². The first-order valence-electron chi connectivity index (χ1n) is 6.72. The summed E-state index contributed by atoms with van der Waals surface area (Å²) in [7, 11) is 1.43. The Morgan fingerprint density at radius 1 is 0.947 bits per heavy atom. The largest absolute Gasteiger partial charge is 0.465 e. The van der Waals surface area contributed by atoms with Gasteiger partial charge in [-0.1, -0.05) is 41.5 Å². The molecule has 0 heterocycles. The summed E-state index contributed by atoms with van der Waals surface area (Å²) in [6.45, 7) is 15.2. The summed E-state index contributed by atoms with van der Waals surface area (Å²) in [5.74, 6) is -0.268. The molecule has 0 spiro atoms. The first-order valence-corrected chi connectivity index (χ1v) is 6.72. The Morgan fingerprint density at radius 2 is 1.32 bits per heavy atom. The highest BCUT2D eigenvalue weighted by atomic mass is 16.5. The number of hydrogen-bond donors (Lipinski definition) is 0. The first kappa shape index (κ1) is 15.7. The van der Waals surface area contributed by atoms with Crippen molar-refractivity contribution in [3.8, 4) is 0 Å². The number of hydrogen-bond acceptors (Lipinski definition) is 2. The SMILES string of the molecule is COC(=O)c1cc(C(C)(C)C)c(C)c(C(C)(C)C)c1. The van der Waals surface area contributed by atoms with Gasteiger partial charge in [-0.3, -0.25) is 0 Å². The van der Waals surface area contributed by atoms with Crippen LogP contribution in [0.2, 0.25) is 0 Å². The van der Waals surface area contributed by atoms with Crippen LogP contribution < -0.4 is 0 Å². The van der Waals surface area contributed by atoms with Gasteiger partial charge in [-0.05, 0) is 46.6 Å². The molecule has 0 saturated heterocycles. The molecule has 2 heteroatoms. The molecule has 0 aliphatic heterocycles. The van der Waals surface area contributed by atoms with Gasteiger partial charge in [-0.2, -0.15) is 0 Å². The smallest absolute Gasteiger partial charge is 0.337 e. The lowest BCUT2D eigenvalue weighted by molar-refractivity contribution is 0.0600. The number of rotatable bonds is 1. The minimum absolute atomic E-state index is 0.00805. The second-order valence-electron chi connectivity index (χ2n) is 7.19. The molecular formula is C17H26O2. The van der Waals surface area contributed by atoms with E-state index in [2.05, 4.69) is 48.5 Å². The number of benzene rings is 1. The van der Waals surface area contributed by atoms with E-state index in [1.165, 1.54) is 23.8 Å². The van der Waals surface area contributed by atoms with Crippen LogP contribution in [0.5, 0.6) is 0 Å². The predicted octanol–water partition coefficient (Wildman–Crippen LogP) is 4.38. The average molecular weight is 262 g/mol. The number of methoxy groups -OCH3 is 1. The summed E-state index contributed by atoms with van der Waals surface area (Å²) in [4.78, 5) is 11.9. The summed E-state index contributed by atoms with van der Waals surface area (Å²) in [5.41, 5.74) is 4.35. The molecule has 0 aliphatic carbocycles. The van der Waals surface area contributed by atoms with Crippen LogP contribution in [-0.4, -0.2) is 13.1 Å². The fourth-order valence-corrected chi connectivity index (χ4v) is 2.51. The molecule has 0 unspecified atom stereocenters. The maximum absolute atomic E-state index is 11.9. The van der Waals surface area contributed by atoms with E-state index >= 15 is 0 Å². The van der Waals surface area contributed by atoms with E-state index in [1.807, 2.05) is 12.1 Å². The van der Waals surface area contributed by atoms with Gasteiger partial charge < -0.3 is 4.74 Å². The Morgan fingerprint density at radius 3 is 1.58 bits per heavy atom. The molecule has 0 fully saturated rings. The van der Waals surface area contributed by atoms with Crippen LogP contribution in [0.15, 0.2) is 12.1 Å². The van der Waals surface area contributed by atoms with Gasteiger partial charge in [0.2, 0.25) is 0 Å². The Bertz CT molecular complexity index is 450. The van der Waals surface area contributed by atoms with Crippen molar-refractivity contribution in [2.24, 2.45) is 0 Å². The molecule has 0 aromatic heterocycles. The molecule has 19 heavy (non-hydrogen) atoms. The Hall–Kier alpha value is -1.31. The van der Waals surface area contributed by atoms with E-state index in [0.717, 1.165) is 0 Å². The zero-order chi connectivity index (χ0) is 15.0. The number of ether oxygens (including phenoxy) is 1. The second-order valence-corrected chi connectivity index (χ2v) is 7.19. The van der Waals surface area contributed by atoms with Crippen molar-refractivity contribution in [3.63, 3.8) is 0 Å². The Kier molecular flexibility index (Phi) is 4.14. The third kappa shape index (κ3) is 3.37. The van der Waals surface area contributed by atoms with Crippen molar-refractivity contribution in [1.29, 1.82) is 0 Å². The molecule has 106 valence electrons. The van der Waals surface area contributed by atoms with Gasteiger partial charge in [0.05, 0.1) is 12.7 Å². The fourth-order valence-electron chi connectivity index (χ4n) is 2.51. The average Bonchev–Trinajstić information content (AvgIpc) is 2.25. The molecule has 1 rings (SSSR count). The molecule has 1 aromatic rings. The number of esters is 1. The molecule has 0 aliphatic rings. The van der Waals surface area contributed by atoms with Gasteiger partial charge in [0.1, 0.15) is 0 Å². The third-order valence-electron chi connectivity index (χ3n) is 3.44. The molecule has 2 nitrogen and oxygen atoms in total.